The molecule has 0 unspecified atom stereocenters. The smallest absolute Gasteiger partial charge is 0.234 e. The van der Waals surface area contributed by atoms with Crippen molar-refractivity contribution < 1.29 is 9.59 Å². The number of nitrogens with zero attached hydrogens (tertiary/aromatic N) is 3. The first-order valence-corrected chi connectivity index (χ1v) is 10.4. The van der Waals surface area contributed by atoms with Crippen molar-refractivity contribution in [2.24, 2.45) is 0 Å². The third-order valence-electron chi connectivity index (χ3n) is 4.87. The molecular weight excluding hydrogens is 366 g/mol. The third-order valence-corrected chi connectivity index (χ3v) is 4.87. The van der Waals surface area contributed by atoms with E-state index in [2.05, 4.69) is 37.5 Å². The van der Waals surface area contributed by atoms with Gasteiger partial charge in [-0.1, -0.05) is 12.1 Å². The van der Waals surface area contributed by atoms with E-state index in [0.29, 0.717) is 19.6 Å². The molecule has 0 bridgehead atoms. The van der Waals surface area contributed by atoms with Crippen LogP contribution in [0.25, 0.3) is 0 Å². The SMILES string of the molecule is CN(C)c1ccc(CNC(=O)CN2CCCN(CC(=O)NC(C)(C)C)CC2)cc1. The van der Waals surface area contributed by atoms with E-state index in [1.807, 2.05) is 47.0 Å². The monoisotopic (exact) mass is 403 g/mol. The number of hydrogen-bond donors (Lipinski definition) is 2. The van der Waals surface area contributed by atoms with Crippen molar-refractivity contribution in [3.8, 4) is 0 Å². The van der Waals surface area contributed by atoms with Gasteiger partial charge in [0.15, 0.2) is 0 Å². The molecule has 1 aliphatic heterocycles. The van der Waals surface area contributed by atoms with E-state index in [0.717, 1.165) is 43.9 Å². The van der Waals surface area contributed by atoms with Crippen molar-refractivity contribution in [1.29, 1.82) is 0 Å². The minimum absolute atomic E-state index is 0.0422. The van der Waals surface area contributed by atoms with E-state index in [4.69, 9.17) is 0 Å². The molecule has 1 heterocycles. The van der Waals surface area contributed by atoms with Crippen molar-refractivity contribution in [2.45, 2.75) is 39.3 Å². The summed E-state index contributed by atoms with van der Waals surface area (Å²) in [7, 11) is 4.02. The lowest BCUT2D eigenvalue weighted by atomic mass is 10.1. The molecule has 0 aromatic heterocycles. The molecule has 2 rings (SSSR count). The van der Waals surface area contributed by atoms with Crippen molar-refractivity contribution in [3.63, 3.8) is 0 Å². The molecule has 2 amide bonds. The highest BCUT2D eigenvalue weighted by Crippen LogP contribution is 2.12. The Balaban J connectivity index is 1.72. The first kappa shape index (κ1) is 23.2. The summed E-state index contributed by atoms with van der Waals surface area (Å²) >= 11 is 0. The number of anilines is 1. The molecule has 29 heavy (non-hydrogen) atoms. The van der Waals surface area contributed by atoms with E-state index >= 15 is 0 Å². The van der Waals surface area contributed by atoms with Gasteiger partial charge >= 0.3 is 0 Å². The third kappa shape index (κ3) is 8.83. The Kier molecular flexibility index (Phi) is 8.46. The largest absolute Gasteiger partial charge is 0.378 e. The summed E-state index contributed by atoms with van der Waals surface area (Å²) in [4.78, 5) is 30.9. The second kappa shape index (κ2) is 10.6. The predicted octanol–water partition coefficient (Wildman–Crippen LogP) is 1.29. The molecule has 162 valence electrons. The molecule has 1 aromatic carbocycles. The van der Waals surface area contributed by atoms with Crippen LogP contribution in [-0.4, -0.2) is 80.5 Å². The van der Waals surface area contributed by atoms with Gasteiger partial charge in [0, 0.05) is 45.0 Å². The van der Waals surface area contributed by atoms with Crippen LogP contribution in [0.2, 0.25) is 0 Å². The van der Waals surface area contributed by atoms with Gasteiger partial charge in [-0.2, -0.15) is 0 Å². The minimum atomic E-state index is -0.208. The number of benzene rings is 1. The molecule has 0 atom stereocenters. The summed E-state index contributed by atoms with van der Waals surface area (Å²) in [5.41, 5.74) is 2.03. The maximum absolute atomic E-state index is 12.3. The van der Waals surface area contributed by atoms with Crippen molar-refractivity contribution in [1.82, 2.24) is 20.4 Å². The second-order valence-corrected chi connectivity index (χ2v) is 9.04. The number of carbonyl (C=O) groups excluding carboxylic acids is 2. The average Bonchev–Trinajstić information content (AvgIpc) is 2.84. The molecule has 7 nitrogen and oxygen atoms in total. The van der Waals surface area contributed by atoms with Crippen molar-refractivity contribution >= 4 is 17.5 Å². The Labute approximate surface area is 175 Å². The molecule has 2 N–H and O–H groups in total. The summed E-state index contributed by atoms with van der Waals surface area (Å²) in [6.45, 7) is 10.7. The maximum Gasteiger partial charge on any atom is 0.234 e. The van der Waals surface area contributed by atoms with E-state index < -0.39 is 0 Å². The summed E-state index contributed by atoms with van der Waals surface area (Å²) in [6.07, 6.45) is 0.960. The van der Waals surface area contributed by atoms with Crippen LogP contribution in [0.4, 0.5) is 5.69 Å². The molecule has 7 heteroatoms. The van der Waals surface area contributed by atoms with Gasteiger partial charge in [-0.15, -0.1) is 0 Å². The van der Waals surface area contributed by atoms with Crippen LogP contribution in [0.5, 0.6) is 0 Å². The zero-order valence-corrected chi connectivity index (χ0v) is 18.6. The fraction of sp³-hybridized carbons (Fsp3) is 0.636. The van der Waals surface area contributed by atoms with Gasteiger partial charge in [-0.3, -0.25) is 19.4 Å². The normalized spacial score (nSPS) is 16.2. The molecular formula is C22H37N5O2. The minimum Gasteiger partial charge on any atom is -0.378 e. The quantitative estimate of drug-likeness (QED) is 0.718. The van der Waals surface area contributed by atoms with Crippen LogP contribution in [0.1, 0.15) is 32.8 Å². The molecule has 0 spiro atoms. The summed E-state index contributed by atoms with van der Waals surface area (Å²) in [6, 6.07) is 8.20. The number of carbonyl (C=O) groups is 2. The molecule has 1 fully saturated rings. The van der Waals surface area contributed by atoms with Crippen molar-refractivity contribution in [2.75, 3.05) is 58.3 Å². The Bertz CT molecular complexity index is 667. The molecule has 1 aromatic rings. The number of rotatable bonds is 7. The van der Waals surface area contributed by atoms with Crippen LogP contribution in [0, 0.1) is 0 Å². The Morgan fingerprint density at radius 2 is 1.48 bits per heavy atom. The van der Waals surface area contributed by atoms with Gasteiger partial charge in [-0.05, 0) is 58.0 Å². The van der Waals surface area contributed by atoms with Crippen LogP contribution in [0.15, 0.2) is 24.3 Å². The number of nitrogens with one attached hydrogen (secondary N) is 2. The highest BCUT2D eigenvalue weighted by Gasteiger charge is 2.20. The van der Waals surface area contributed by atoms with Gasteiger partial charge < -0.3 is 15.5 Å². The summed E-state index contributed by atoms with van der Waals surface area (Å²) in [5, 5.41) is 6.02. The summed E-state index contributed by atoms with van der Waals surface area (Å²) in [5.74, 6) is 0.101. The standard InChI is InChI=1S/C22H37N5O2/c1-22(2,3)24-21(29)17-27-12-6-11-26(13-14-27)16-20(28)23-15-18-7-9-19(10-8-18)25(4)5/h7-10H,6,11-17H2,1-5H3,(H,23,28)(H,24,29). The van der Waals surface area contributed by atoms with E-state index in [1.165, 1.54) is 0 Å². The topological polar surface area (TPSA) is 67.9 Å². The average molecular weight is 404 g/mol. The van der Waals surface area contributed by atoms with Gasteiger partial charge in [0.05, 0.1) is 13.1 Å². The van der Waals surface area contributed by atoms with Gasteiger partial charge in [0.2, 0.25) is 11.8 Å². The lowest BCUT2D eigenvalue weighted by molar-refractivity contribution is -0.124. The Morgan fingerprint density at radius 1 is 0.931 bits per heavy atom. The zero-order valence-electron chi connectivity index (χ0n) is 18.6. The van der Waals surface area contributed by atoms with Gasteiger partial charge in [0.25, 0.3) is 0 Å². The van der Waals surface area contributed by atoms with Crippen LogP contribution < -0.4 is 15.5 Å². The first-order chi connectivity index (χ1) is 13.6. The molecule has 0 aliphatic carbocycles. The lowest BCUT2D eigenvalue weighted by Gasteiger charge is -2.25. The van der Waals surface area contributed by atoms with Gasteiger partial charge in [-0.25, -0.2) is 0 Å². The summed E-state index contributed by atoms with van der Waals surface area (Å²) < 4.78 is 0. The molecule has 0 radical (unpaired) electrons. The highest BCUT2D eigenvalue weighted by atomic mass is 16.2. The van der Waals surface area contributed by atoms with Gasteiger partial charge in [0.1, 0.15) is 0 Å². The zero-order chi connectivity index (χ0) is 21.4. The van der Waals surface area contributed by atoms with E-state index in [9.17, 15) is 9.59 Å². The van der Waals surface area contributed by atoms with Crippen molar-refractivity contribution in [3.05, 3.63) is 29.8 Å². The van der Waals surface area contributed by atoms with Crippen LogP contribution >= 0.6 is 0 Å². The Morgan fingerprint density at radius 3 is 2.00 bits per heavy atom. The highest BCUT2D eigenvalue weighted by molar-refractivity contribution is 5.79. The molecule has 0 saturated carbocycles. The second-order valence-electron chi connectivity index (χ2n) is 9.04. The van der Waals surface area contributed by atoms with Crippen LogP contribution in [0.3, 0.4) is 0 Å². The first-order valence-electron chi connectivity index (χ1n) is 10.4. The van der Waals surface area contributed by atoms with E-state index in [1.54, 1.807) is 0 Å². The predicted molar refractivity (Wildman–Crippen MR) is 118 cm³/mol. The fourth-order valence-electron chi connectivity index (χ4n) is 3.37. The number of amides is 2. The lowest BCUT2D eigenvalue weighted by Crippen LogP contribution is -2.46. The molecule has 1 saturated heterocycles. The Hall–Kier alpha value is -2.12. The fourth-order valence-corrected chi connectivity index (χ4v) is 3.37. The molecule has 1 aliphatic rings. The van der Waals surface area contributed by atoms with E-state index in [-0.39, 0.29) is 17.4 Å². The maximum atomic E-state index is 12.3. The van der Waals surface area contributed by atoms with Crippen LogP contribution in [-0.2, 0) is 16.1 Å². The number of hydrogen-bond acceptors (Lipinski definition) is 5.